The number of para-hydroxylation sites is 2. The van der Waals surface area contributed by atoms with Gasteiger partial charge in [-0.15, -0.1) is 0 Å². The Labute approximate surface area is 126 Å². The van der Waals surface area contributed by atoms with E-state index in [0.29, 0.717) is 12.5 Å². The van der Waals surface area contributed by atoms with Crippen molar-refractivity contribution in [1.29, 1.82) is 0 Å². The van der Waals surface area contributed by atoms with Gasteiger partial charge >= 0.3 is 0 Å². The van der Waals surface area contributed by atoms with E-state index in [1.165, 1.54) is 12.8 Å². The van der Waals surface area contributed by atoms with Gasteiger partial charge in [0.2, 0.25) is 5.91 Å². The second-order valence-electron chi connectivity index (χ2n) is 6.23. The molecule has 2 fully saturated rings. The maximum absolute atomic E-state index is 12.6. The van der Waals surface area contributed by atoms with Crippen molar-refractivity contribution in [2.24, 2.45) is 17.6 Å². The number of carbonyl (C=O) groups excluding carboxylic acids is 1. The average Bonchev–Trinajstić information content (AvgIpc) is 3.19. The molecule has 2 aliphatic rings. The van der Waals surface area contributed by atoms with Crippen LogP contribution in [0, 0.1) is 11.8 Å². The van der Waals surface area contributed by atoms with Gasteiger partial charge in [0.05, 0.1) is 11.4 Å². The zero-order valence-electron chi connectivity index (χ0n) is 12.6. The fourth-order valence-corrected chi connectivity index (χ4v) is 3.70. The fourth-order valence-electron chi connectivity index (χ4n) is 3.70. The van der Waals surface area contributed by atoms with E-state index < -0.39 is 0 Å². The molecule has 2 atom stereocenters. The minimum atomic E-state index is 0.0848. The third-order valence-corrected chi connectivity index (χ3v) is 4.91. The Balaban J connectivity index is 1.73. The summed E-state index contributed by atoms with van der Waals surface area (Å²) in [5.41, 5.74) is 7.91. The summed E-state index contributed by atoms with van der Waals surface area (Å²) < 4.78 is 0. The lowest BCUT2D eigenvalue weighted by atomic mass is 9.95. The number of nitrogens with zero attached hydrogens (tertiary/aromatic N) is 1. The molecule has 1 aromatic rings. The normalized spacial score (nSPS) is 25.3. The molecule has 0 radical (unpaired) electrons. The molecule has 1 aromatic carbocycles. The predicted octanol–water partition coefficient (Wildman–Crippen LogP) is 2.60. The zero-order valence-corrected chi connectivity index (χ0v) is 12.6. The highest BCUT2D eigenvalue weighted by Crippen LogP contribution is 2.34. The van der Waals surface area contributed by atoms with Crippen molar-refractivity contribution in [3.05, 3.63) is 24.3 Å². The number of rotatable bonds is 4. The highest BCUT2D eigenvalue weighted by molar-refractivity contribution is 5.96. The van der Waals surface area contributed by atoms with Crippen molar-refractivity contribution in [3.8, 4) is 0 Å². The average molecular weight is 287 g/mol. The predicted molar refractivity (Wildman–Crippen MR) is 86.4 cm³/mol. The van der Waals surface area contributed by atoms with Gasteiger partial charge in [0, 0.05) is 19.0 Å². The first-order chi connectivity index (χ1) is 10.3. The van der Waals surface area contributed by atoms with Crippen LogP contribution < -0.4 is 16.0 Å². The van der Waals surface area contributed by atoms with E-state index in [4.69, 9.17) is 5.73 Å². The maximum Gasteiger partial charge on any atom is 0.227 e. The molecular weight excluding hydrogens is 262 g/mol. The van der Waals surface area contributed by atoms with Crippen LogP contribution in [0.25, 0.3) is 0 Å². The lowest BCUT2D eigenvalue weighted by Gasteiger charge is -2.23. The quantitative estimate of drug-likeness (QED) is 0.895. The monoisotopic (exact) mass is 287 g/mol. The van der Waals surface area contributed by atoms with E-state index in [2.05, 4.69) is 16.3 Å². The minimum absolute atomic E-state index is 0.0848. The van der Waals surface area contributed by atoms with Crippen LogP contribution in [0.2, 0.25) is 0 Å². The summed E-state index contributed by atoms with van der Waals surface area (Å²) in [7, 11) is 0. The molecule has 0 unspecified atom stereocenters. The number of hydrogen-bond acceptors (Lipinski definition) is 3. The highest BCUT2D eigenvalue weighted by atomic mass is 16.1. The van der Waals surface area contributed by atoms with E-state index >= 15 is 0 Å². The number of amides is 1. The van der Waals surface area contributed by atoms with Gasteiger partial charge in [-0.1, -0.05) is 18.6 Å². The van der Waals surface area contributed by atoms with Crippen LogP contribution in [-0.2, 0) is 4.79 Å². The first-order valence-corrected chi connectivity index (χ1v) is 8.14. The fraction of sp³-hybridized carbons (Fsp3) is 0.588. The number of benzene rings is 1. The van der Waals surface area contributed by atoms with Gasteiger partial charge in [0.25, 0.3) is 0 Å². The minimum Gasteiger partial charge on any atom is -0.370 e. The summed E-state index contributed by atoms with van der Waals surface area (Å²) in [5, 5.41) is 3.16. The van der Waals surface area contributed by atoms with Crippen molar-refractivity contribution in [2.45, 2.75) is 32.1 Å². The molecule has 1 aliphatic carbocycles. The summed E-state index contributed by atoms with van der Waals surface area (Å²) in [6, 6.07) is 8.15. The molecule has 1 aliphatic heterocycles. The molecule has 0 aromatic heterocycles. The van der Waals surface area contributed by atoms with Gasteiger partial charge < -0.3 is 16.0 Å². The van der Waals surface area contributed by atoms with Crippen LogP contribution in [0.4, 0.5) is 11.4 Å². The van der Waals surface area contributed by atoms with E-state index in [-0.39, 0.29) is 11.8 Å². The molecule has 0 spiro atoms. The van der Waals surface area contributed by atoms with Crippen LogP contribution in [-0.4, -0.2) is 25.5 Å². The molecule has 3 rings (SSSR count). The lowest BCUT2D eigenvalue weighted by Crippen LogP contribution is -2.30. The van der Waals surface area contributed by atoms with Crippen LogP contribution in [0.15, 0.2) is 24.3 Å². The molecule has 0 bridgehead atoms. The molecule has 1 saturated carbocycles. The van der Waals surface area contributed by atoms with Gasteiger partial charge in [-0.25, -0.2) is 0 Å². The maximum atomic E-state index is 12.6. The molecule has 21 heavy (non-hydrogen) atoms. The second kappa shape index (κ2) is 6.48. The van der Waals surface area contributed by atoms with Gasteiger partial charge in [-0.2, -0.15) is 0 Å². The summed E-state index contributed by atoms with van der Waals surface area (Å²) in [6.45, 7) is 2.79. The van der Waals surface area contributed by atoms with Crippen molar-refractivity contribution >= 4 is 17.3 Å². The van der Waals surface area contributed by atoms with Crippen LogP contribution >= 0.6 is 0 Å². The summed E-state index contributed by atoms with van der Waals surface area (Å²) in [5.74, 6) is 0.584. The summed E-state index contributed by atoms with van der Waals surface area (Å²) in [4.78, 5) is 14.9. The molecule has 1 heterocycles. The SMILES string of the molecule is NC[C@H]1CCC[C@H]1C(=O)Nc1ccccc1N1CCCC1. The van der Waals surface area contributed by atoms with Crippen LogP contribution in [0.1, 0.15) is 32.1 Å². The molecule has 4 heteroatoms. The molecule has 114 valence electrons. The Morgan fingerprint density at radius 2 is 1.95 bits per heavy atom. The van der Waals surface area contributed by atoms with Crippen LogP contribution in [0.5, 0.6) is 0 Å². The summed E-state index contributed by atoms with van der Waals surface area (Å²) >= 11 is 0. The number of nitrogens with one attached hydrogen (secondary N) is 1. The third kappa shape index (κ3) is 3.05. The third-order valence-electron chi connectivity index (χ3n) is 4.91. The topological polar surface area (TPSA) is 58.4 Å². The first kappa shape index (κ1) is 14.4. The molecule has 4 nitrogen and oxygen atoms in total. The van der Waals surface area contributed by atoms with Crippen molar-refractivity contribution in [1.82, 2.24) is 0 Å². The van der Waals surface area contributed by atoms with Crippen molar-refractivity contribution < 1.29 is 4.79 Å². The van der Waals surface area contributed by atoms with E-state index in [1.54, 1.807) is 0 Å². The van der Waals surface area contributed by atoms with Crippen molar-refractivity contribution in [2.75, 3.05) is 29.9 Å². The standard InChI is InChI=1S/C17H25N3O/c18-12-13-6-5-7-14(13)17(21)19-15-8-1-2-9-16(15)20-10-3-4-11-20/h1-2,8-9,13-14H,3-7,10-12,18H2,(H,19,21)/t13-,14-/m1/s1. The molecule has 3 N–H and O–H groups in total. The van der Waals surface area contributed by atoms with Gasteiger partial charge in [0.1, 0.15) is 0 Å². The smallest absolute Gasteiger partial charge is 0.227 e. The number of carbonyl (C=O) groups is 1. The Morgan fingerprint density at radius 3 is 2.71 bits per heavy atom. The van der Waals surface area contributed by atoms with Crippen molar-refractivity contribution in [3.63, 3.8) is 0 Å². The van der Waals surface area contributed by atoms with Crippen LogP contribution in [0.3, 0.4) is 0 Å². The van der Waals surface area contributed by atoms with E-state index in [1.807, 2.05) is 18.2 Å². The second-order valence-corrected chi connectivity index (χ2v) is 6.23. The van der Waals surface area contributed by atoms with Gasteiger partial charge in [0.15, 0.2) is 0 Å². The van der Waals surface area contributed by atoms with E-state index in [9.17, 15) is 4.79 Å². The zero-order chi connectivity index (χ0) is 14.7. The summed E-state index contributed by atoms with van der Waals surface area (Å²) in [6.07, 6.45) is 5.65. The Hall–Kier alpha value is -1.55. The molecule has 1 amide bonds. The Morgan fingerprint density at radius 1 is 1.19 bits per heavy atom. The lowest BCUT2D eigenvalue weighted by molar-refractivity contribution is -0.120. The number of nitrogens with two attached hydrogens (primary N) is 1. The first-order valence-electron chi connectivity index (χ1n) is 8.14. The Bertz CT molecular complexity index is 497. The van der Waals surface area contributed by atoms with Gasteiger partial charge in [-0.3, -0.25) is 4.79 Å². The highest BCUT2D eigenvalue weighted by Gasteiger charge is 2.32. The molecule has 1 saturated heterocycles. The van der Waals surface area contributed by atoms with Gasteiger partial charge in [-0.05, 0) is 50.3 Å². The van der Waals surface area contributed by atoms with E-state index in [0.717, 1.165) is 43.7 Å². The largest absolute Gasteiger partial charge is 0.370 e. The Kier molecular flexibility index (Phi) is 4.44. The number of hydrogen-bond donors (Lipinski definition) is 2. The molecular formula is C17H25N3O. The number of anilines is 2.